The van der Waals surface area contributed by atoms with E-state index in [2.05, 4.69) is 5.32 Å². The zero-order chi connectivity index (χ0) is 14.7. The summed E-state index contributed by atoms with van der Waals surface area (Å²) >= 11 is 1.79. The van der Waals surface area contributed by atoms with Gasteiger partial charge in [-0.15, -0.1) is 0 Å². The largest absolute Gasteiger partial charge is 0.478 e. The second kappa shape index (κ2) is 6.13. The summed E-state index contributed by atoms with van der Waals surface area (Å²) in [5.41, 5.74) is -0.177. The van der Waals surface area contributed by atoms with Gasteiger partial charge in [-0.1, -0.05) is 0 Å². The minimum atomic E-state index is -1.36. The summed E-state index contributed by atoms with van der Waals surface area (Å²) in [6.07, 6.45) is 0. The summed E-state index contributed by atoms with van der Waals surface area (Å²) < 4.78 is 13.3. The van der Waals surface area contributed by atoms with Crippen molar-refractivity contribution in [3.63, 3.8) is 0 Å². The molecule has 0 bridgehead atoms. The van der Waals surface area contributed by atoms with E-state index in [-0.39, 0.29) is 17.8 Å². The normalized spacial score (nSPS) is 18.7. The van der Waals surface area contributed by atoms with Crippen molar-refractivity contribution in [2.75, 3.05) is 23.4 Å². The van der Waals surface area contributed by atoms with Crippen LogP contribution in [0.15, 0.2) is 18.2 Å². The van der Waals surface area contributed by atoms with Crippen molar-refractivity contribution >= 4 is 29.4 Å². The minimum Gasteiger partial charge on any atom is -0.478 e. The Hall–Kier alpha value is -1.76. The van der Waals surface area contributed by atoms with Crippen LogP contribution in [0, 0.1) is 5.82 Å². The van der Waals surface area contributed by atoms with E-state index in [0.717, 1.165) is 23.6 Å². The second-order valence-corrected chi connectivity index (χ2v) is 5.70. The van der Waals surface area contributed by atoms with Crippen LogP contribution in [-0.4, -0.2) is 46.1 Å². The fraction of sp³-hybridized carbons (Fsp3) is 0.385. The van der Waals surface area contributed by atoms with Crippen molar-refractivity contribution in [1.29, 1.82) is 0 Å². The Morgan fingerprint density at radius 3 is 2.90 bits per heavy atom. The fourth-order valence-electron chi connectivity index (χ4n) is 1.99. The number of thioether (sulfide) groups is 1. The van der Waals surface area contributed by atoms with E-state index >= 15 is 0 Å². The average molecular weight is 298 g/mol. The van der Waals surface area contributed by atoms with E-state index < -0.39 is 17.3 Å². The summed E-state index contributed by atoms with van der Waals surface area (Å²) in [6, 6.07) is 3.34. The lowest BCUT2D eigenvalue weighted by Crippen LogP contribution is -2.46. The van der Waals surface area contributed by atoms with Gasteiger partial charge in [0.15, 0.2) is 0 Å². The molecule has 0 spiro atoms. The van der Waals surface area contributed by atoms with Gasteiger partial charge in [-0.3, -0.25) is 0 Å². The van der Waals surface area contributed by atoms with Crippen molar-refractivity contribution in [3.8, 4) is 0 Å². The number of hydrogen-bond acceptors (Lipinski definition) is 3. The van der Waals surface area contributed by atoms with Crippen molar-refractivity contribution in [2.45, 2.75) is 13.0 Å². The van der Waals surface area contributed by atoms with E-state index in [1.807, 2.05) is 6.92 Å². The first-order valence-electron chi connectivity index (χ1n) is 6.17. The molecule has 0 aliphatic carbocycles. The maximum absolute atomic E-state index is 13.3. The molecule has 1 fully saturated rings. The van der Waals surface area contributed by atoms with Gasteiger partial charge in [0.2, 0.25) is 0 Å². The highest BCUT2D eigenvalue weighted by Crippen LogP contribution is 2.19. The molecule has 1 unspecified atom stereocenters. The molecule has 7 heteroatoms. The molecule has 1 heterocycles. The van der Waals surface area contributed by atoms with E-state index in [4.69, 9.17) is 5.11 Å². The molecular weight excluding hydrogens is 283 g/mol. The third-order valence-electron chi connectivity index (χ3n) is 3.08. The van der Waals surface area contributed by atoms with E-state index in [1.54, 1.807) is 16.7 Å². The number of benzene rings is 1. The van der Waals surface area contributed by atoms with Crippen LogP contribution in [0.25, 0.3) is 0 Å². The predicted molar refractivity (Wildman–Crippen MR) is 75.9 cm³/mol. The number of rotatable bonds is 2. The van der Waals surface area contributed by atoms with Gasteiger partial charge in [-0.25, -0.2) is 14.0 Å². The van der Waals surface area contributed by atoms with Crippen LogP contribution in [0.2, 0.25) is 0 Å². The molecular formula is C13H15FN2O3S. The van der Waals surface area contributed by atoms with Crippen molar-refractivity contribution in [2.24, 2.45) is 0 Å². The Kier molecular flexibility index (Phi) is 4.49. The maximum Gasteiger partial charge on any atom is 0.338 e. The van der Waals surface area contributed by atoms with Gasteiger partial charge >= 0.3 is 12.0 Å². The number of urea groups is 1. The molecule has 2 rings (SSSR count). The number of carboxylic acid groups (broad SMARTS) is 1. The van der Waals surface area contributed by atoms with Crippen molar-refractivity contribution in [3.05, 3.63) is 29.6 Å². The second-order valence-electron chi connectivity index (χ2n) is 4.55. The molecule has 0 saturated carbocycles. The number of aromatic carboxylic acids is 1. The van der Waals surface area contributed by atoms with Gasteiger partial charge in [-0.05, 0) is 25.1 Å². The first-order valence-corrected chi connectivity index (χ1v) is 7.32. The third kappa shape index (κ3) is 3.22. The monoisotopic (exact) mass is 298 g/mol. The molecule has 108 valence electrons. The molecule has 1 aliphatic rings. The number of amides is 2. The van der Waals surface area contributed by atoms with Crippen LogP contribution in [0.3, 0.4) is 0 Å². The Morgan fingerprint density at radius 2 is 2.25 bits per heavy atom. The number of carbonyl (C=O) groups excluding carboxylic acids is 1. The highest BCUT2D eigenvalue weighted by atomic mass is 32.2. The number of anilines is 1. The summed E-state index contributed by atoms with van der Waals surface area (Å²) in [6.45, 7) is 2.60. The van der Waals surface area contributed by atoms with E-state index in [9.17, 15) is 14.0 Å². The van der Waals surface area contributed by atoms with Crippen LogP contribution >= 0.6 is 11.8 Å². The van der Waals surface area contributed by atoms with Crippen molar-refractivity contribution in [1.82, 2.24) is 4.90 Å². The first-order chi connectivity index (χ1) is 9.49. The molecule has 0 radical (unpaired) electrons. The number of carbonyl (C=O) groups is 2. The molecule has 2 N–H and O–H groups in total. The van der Waals surface area contributed by atoms with E-state index in [1.165, 1.54) is 6.07 Å². The fourth-order valence-corrected chi connectivity index (χ4v) is 3.00. The molecule has 1 atom stereocenters. The molecule has 1 saturated heterocycles. The van der Waals surface area contributed by atoms with Gasteiger partial charge < -0.3 is 15.3 Å². The Balaban J connectivity index is 2.11. The number of carboxylic acids is 1. The SMILES string of the molecule is CC1CSCCN1C(=O)Nc1ccc(F)c(C(=O)O)c1. The summed E-state index contributed by atoms with van der Waals surface area (Å²) in [4.78, 5) is 24.7. The standard InChI is InChI=1S/C13H15FN2O3S/c1-8-7-20-5-4-16(8)13(19)15-9-2-3-11(14)10(6-9)12(17)18/h2-3,6,8H,4-5,7H2,1H3,(H,15,19)(H,17,18). The molecule has 1 aliphatic heterocycles. The van der Waals surface area contributed by atoms with Gasteiger partial charge in [-0.2, -0.15) is 11.8 Å². The Bertz CT molecular complexity index is 538. The van der Waals surface area contributed by atoms with Gasteiger partial charge in [0.25, 0.3) is 0 Å². The van der Waals surface area contributed by atoms with Crippen LogP contribution < -0.4 is 5.32 Å². The highest BCUT2D eigenvalue weighted by molar-refractivity contribution is 7.99. The van der Waals surface area contributed by atoms with Crippen LogP contribution in [0.4, 0.5) is 14.9 Å². The van der Waals surface area contributed by atoms with E-state index in [0.29, 0.717) is 6.54 Å². The quantitative estimate of drug-likeness (QED) is 0.880. The predicted octanol–water partition coefficient (Wildman–Crippen LogP) is 2.49. The Labute approximate surface area is 120 Å². The van der Waals surface area contributed by atoms with Crippen molar-refractivity contribution < 1.29 is 19.1 Å². The average Bonchev–Trinajstić information content (AvgIpc) is 2.41. The van der Waals surface area contributed by atoms with Crippen LogP contribution in [0.5, 0.6) is 0 Å². The molecule has 2 amide bonds. The summed E-state index contributed by atoms with van der Waals surface area (Å²) in [7, 11) is 0. The number of hydrogen-bond donors (Lipinski definition) is 2. The smallest absolute Gasteiger partial charge is 0.338 e. The lowest BCUT2D eigenvalue weighted by atomic mass is 10.2. The van der Waals surface area contributed by atoms with Gasteiger partial charge in [0.1, 0.15) is 5.82 Å². The molecule has 5 nitrogen and oxygen atoms in total. The number of nitrogens with zero attached hydrogens (tertiary/aromatic N) is 1. The molecule has 1 aromatic rings. The number of halogens is 1. The zero-order valence-corrected chi connectivity index (χ0v) is 11.7. The molecule has 1 aromatic carbocycles. The lowest BCUT2D eigenvalue weighted by molar-refractivity contribution is 0.0692. The highest BCUT2D eigenvalue weighted by Gasteiger charge is 2.23. The van der Waals surface area contributed by atoms with Crippen LogP contribution in [-0.2, 0) is 0 Å². The summed E-state index contributed by atoms with van der Waals surface area (Å²) in [5.74, 6) is -0.432. The van der Waals surface area contributed by atoms with Crippen LogP contribution in [0.1, 0.15) is 17.3 Å². The summed E-state index contributed by atoms with van der Waals surface area (Å²) in [5, 5.41) is 11.5. The van der Waals surface area contributed by atoms with Gasteiger partial charge in [0.05, 0.1) is 5.56 Å². The van der Waals surface area contributed by atoms with Gasteiger partial charge in [0, 0.05) is 29.8 Å². The molecule has 0 aromatic heterocycles. The first kappa shape index (κ1) is 14.6. The Morgan fingerprint density at radius 1 is 1.50 bits per heavy atom. The topological polar surface area (TPSA) is 69.6 Å². The number of nitrogens with one attached hydrogen (secondary N) is 1. The minimum absolute atomic E-state index is 0.119. The molecule has 20 heavy (non-hydrogen) atoms. The third-order valence-corrected chi connectivity index (χ3v) is 4.27. The maximum atomic E-state index is 13.3. The zero-order valence-electron chi connectivity index (χ0n) is 10.9. The lowest BCUT2D eigenvalue weighted by Gasteiger charge is -2.33.